The summed E-state index contributed by atoms with van der Waals surface area (Å²) in [7, 11) is 1.60. The van der Waals surface area contributed by atoms with Crippen molar-refractivity contribution >= 4 is 40.6 Å². The van der Waals surface area contributed by atoms with Crippen LogP contribution in [0.15, 0.2) is 65.9 Å². The average Bonchev–Trinajstić information content (AvgIpc) is 3.18. The number of nitrogens with zero attached hydrogens (tertiary/aromatic N) is 3. The van der Waals surface area contributed by atoms with Crippen LogP contribution in [0, 0.1) is 0 Å². The van der Waals surface area contributed by atoms with Crippen LogP contribution in [0.25, 0.3) is 0 Å². The lowest BCUT2D eigenvalue weighted by Gasteiger charge is -2.32. The Morgan fingerprint density at radius 3 is 2.41 bits per heavy atom. The largest absolute Gasteiger partial charge is 0.435 e. The predicted octanol–water partition coefficient (Wildman–Crippen LogP) is 6.16. The molecule has 1 amide bonds. The summed E-state index contributed by atoms with van der Waals surface area (Å²) in [4.78, 5) is 15.0. The maximum absolute atomic E-state index is 13.6. The predicted molar refractivity (Wildman–Crippen MR) is 118 cm³/mol. The quantitative estimate of drug-likeness (QED) is 0.488. The number of para-hydroxylation sites is 1. The molecule has 0 fully saturated rings. The summed E-state index contributed by atoms with van der Waals surface area (Å²) in [6.07, 6.45) is -4.65. The number of likely N-dealkylation sites (N-methyl/N-ethyl adjacent to an activating group) is 1. The van der Waals surface area contributed by atoms with E-state index >= 15 is 0 Å². The fraction of sp³-hybridized carbons (Fsp3) is 0.182. The minimum atomic E-state index is -4.65. The van der Waals surface area contributed by atoms with Crippen molar-refractivity contribution in [1.29, 1.82) is 0 Å². The third-order valence-electron chi connectivity index (χ3n) is 5.20. The SMILES string of the molecule is CC1=C(C(=O)N(C)c2ccccc2)C(c2ccc(Cl)c(Cl)c2)n2nc(C(F)(F)F)cc2N1. The van der Waals surface area contributed by atoms with Gasteiger partial charge in [0, 0.05) is 24.5 Å². The van der Waals surface area contributed by atoms with Crippen molar-refractivity contribution in [3.05, 3.63) is 87.2 Å². The van der Waals surface area contributed by atoms with Gasteiger partial charge in [-0.25, -0.2) is 4.68 Å². The number of carbonyl (C=O) groups is 1. The summed E-state index contributed by atoms with van der Waals surface area (Å²) >= 11 is 12.2. The molecule has 1 aliphatic heterocycles. The molecule has 1 unspecified atom stereocenters. The molecule has 1 aromatic heterocycles. The van der Waals surface area contributed by atoms with Crippen molar-refractivity contribution in [2.75, 3.05) is 17.3 Å². The van der Waals surface area contributed by atoms with Crippen molar-refractivity contribution in [3.63, 3.8) is 0 Å². The maximum atomic E-state index is 13.6. The summed E-state index contributed by atoms with van der Waals surface area (Å²) in [5.74, 6) is -0.281. The number of fused-ring (bicyclic) bond motifs is 1. The summed E-state index contributed by atoms with van der Waals surface area (Å²) in [6.45, 7) is 1.64. The molecule has 32 heavy (non-hydrogen) atoms. The molecule has 1 aliphatic rings. The Morgan fingerprint density at radius 2 is 1.78 bits per heavy atom. The fourth-order valence-corrected chi connectivity index (χ4v) is 3.93. The van der Waals surface area contributed by atoms with E-state index < -0.39 is 23.8 Å². The number of halogens is 5. The Bertz CT molecular complexity index is 1220. The number of rotatable bonds is 3. The minimum absolute atomic E-state index is 0.116. The topological polar surface area (TPSA) is 50.2 Å². The summed E-state index contributed by atoms with van der Waals surface area (Å²) in [5.41, 5.74) is 0.688. The minimum Gasteiger partial charge on any atom is -0.344 e. The lowest BCUT2D eigenvalue weighted by atomic mass is 9.94. The standard InChI is InChI=1S/C22H17Cl2F3N4O/c1-12-19(21(32)30(2)14-6-4-3-5-7-14)20(13-8-9-15(23)16(24)10-13)31-18(28-12)11-17(29-31)22(25,26)27/h3-11,20,28H,1-2H3. The van der Waals surface area contributed by atoms with Crippen LogP contribution in [0.5, 0.6) is 0 Å². The number of allylic oxidation sites excluding steroid dienone is 1. The Labute approximate surface area is 192 Å². The Morgan fingerprint density at radius 1 is 1.09 bits per heavy atom. The molecule has 3 aromatic rings. The van der Waals surface area contributed by atoms with Crippen LogP contribution >= 0.6 is 23.2 Å². The maximum Gasteiger partial charge on any atom is 0.435 e. The van der Waals surface area contributed by atoms with Crippen LogP contribution < -0.4 is 10.2 Å². The number of amides is 1. The highest BCUT2D eigenvalue weighted by Crippen LogP contribution is 2.41. The summed E-state index contributed by atoms with van der Waals surface area (Å²) in [5, 5.41) is 7.17. The number of hydrogen-bond donors (Lipinski definition) is 1. The number of benzene rings is 2. The zero-order valence-electron chi connectivity index (χ0n) is 16.9. The van der Waals surface area contributed by atoms with E-state index in [-0.39, 0.29) is 21.4 Å². The molecule has 10 heteroatoms. The second-order valence-corrected chi connectivity index (χ2v) is 8.11. The lowest BCUT2D eigenvalue weighted by molar-refractivity contribution is -0.141. The van der Waals surface area contributed by atoms with Gasteiger partial charge >= 0.3 is 6.18 Å². The van der Waals surface area contributed by atoms with Crippen LogP contribution in [0.3, 0.4) is 0 Å². The average molecular weight is 481 g/mol. The number of nitrogens with one attached hydrogen (secondary N) is 1. The van der Waals surface area contributed by atoms with Crippen molar-refractivity contribution < 1.29 is 18.0 Å². The van der Waals surface area contributed by atoms with Crippen LogP contribution in [0.2, 0.25) is 10.0 Å². The van der Waals surface area contributed by atoms with E-state index in [4.69, 9.17) is 23.2 Å². The zero-order valence-corrected chi connectivity index (χ0v) is 18.4. The second-order valence-electron chi connectivity index (χ2n) is 7.30. The van der Waals surface area contributed by atoms with E-state index in [2.05, 4.69) is 10.4 Å². The fourth-order valence-electron chi connectivity index (χ4n) is 3.63. The molecule has 1 atom stereocenters. The monoisotopic (exact) mass is 480 g/mol. The van der Waals surface area contributed by atoms with Crippen molar-refractivity contribution in [1.82, 2.24) is 9.78 Å². The molecule has 0 bridgehead atoms. The molecule has 0 aliphatic carbocycles. The number of carbonyl (C=O) groups excluding carboxylic acids is 1. The zero-order chi connectivity index (χ0) is 23.2. The Kier molecular flexibility index (Phi) is 5.68. The van der Waals surface area contributed by atoms with Crippen molar-refractivity contribution in [2.24, 2.45) is 0 Å². The van der Waals surface area contributed by atoms with Gasteiger partial charge in [-0.2, -0.15) is 18.3 Å². The molecule has 166 valence electrons. The highest BCUT2D eigenvalue weighted by molar-refractivity contribution is 6.42. The van der Waals surface area contributed by atoms with E-state index in [1.54, 1.807) is 44.3 Å². The van der Waals surface area contributed by atoms with E-state index in [1.165, 1.54) is 17.0 Å². The Hall–Kier alpha value is -2.97. The lowest BCUT2D eigenvalue weighted by Crippen LogP contribution is -2.36. The van der Waals surface area contributed by atoms with E-state index in [0.717, 1.165) is 10.7 Å². The highest BCUT2D eigenvalue weighted by Gasteiger charge is 2.40. The van der Waals surface area contributed by atoms with Gasteiger partial charge in [0.1, 0.15) is 11.9 Å². The molecule has 5 nitrogen and oxygen atoms in total. The first-order chi connectivity index (χ1) is 15.1. The third-order valence-corrected chi connectivity index (χ3v) is 5.94. The number of aromatic nitrogens is 2. The summed E-state index contributed by atoms with van der Waals surface area (Å²) in [6, 6.07) is 13.6. The van der Waals surface area contributed by atoms with Crippen LogP contribution in [-0.2, 0) is 11.0 Å². The highest BCUT2D eigenvalue weighted by atomic mass is 35.5. The molecular weight excluding hydrogens is 464 g/mol. The number of anilines is 2. The number of alkyl halides is 3. The first kappa shape index (κ1) is 22.2. The molecular formula is C22H17Cl2F3N4O. The van der Waals surface area contributed by atoms with Gasteiger partial charge in [-0.05, 0) is 36.8 Å². The van der Waals surface area contributed by atoms with Crippen LogP contribution in [-0.4, -0.2) is 22.7 Å². The number of hydrogen-bond acceptors (Lipinski definition) is 3. The molecule has 4 rings (SSSR count). The van der Waals surface area contributed by atoms with Gasteiger partial charge in [0.05, 0.1) is 15.6 Å². The first-order valence-electron chi connectivity index (χ1n) is 9.50. The molecule has 0 saturated carbocycles. The molecule has 2 heterocycles. The van der Waals surface area contributed by atoms with Gasteiger partial charge in [-0.15, -0.1) is 0 Å². The molecule has 0 radical (unpaired) electrons. The third kappa shape index (κ3) is 3.96. The second kappa shape index (κ2) is 8.18. The van der Waals surface area contributed by atoms with Gasteiger partial charge in [0.25, 0.3) is 5.91 Å². The van der Waals surface area contributed by atoms with Gasteiger partial charge in [-0.3, -0.25) is 4.79 Å². The van der Waals surface area contributed by atoms with Crippen molar-refractivity contribution in [3.8, 4) is 0 Å². The van der Waals surface area contributed by atoms with E-state index in [1.807, 2.05) is 6.07 Å². The first-order valence-corrected chi connectivity index (χ1v) is 10.3. The van der Waals surface area contributed by atoms with Crippen LogP contribution in [0.1, 0.15) is 24.2 Å². The van der Waals surface area contributed by atoms with E-state index in [9.17, 15) is 18.0 Å². The molecule has 0 spiro atoms. The molecule has 0 saturated heterocycles. The van der Waals surface area contributed by atoms with Gasteiger partial charge in [-0.1, -0.05) is 47.5 Å². The van der Waals surface area contributed by atoms with Gasteiger partial charge in [0.2, 0.25) is 0 Å². The molecule has 2 aromatic carbocycles. The van der Waals surface area contributed by atoms with E-state index in [0.29, 0.717) is 16.9 Å². The van der Waals surface area contributed by atoms with Gasteiger partial charge < -0.3 is 10.2 Å². The van der Waals surface area contributed by atoms with Gasteiger partial charge in [0.15, 0.2) is 5.69 Å². The normalized spacial score (nSPS) is 15.9. The van der Waals surface area contributed by atoms with Crippen molar-refractivity contribution in [2.45, 2.75) is 19.1 Å². The Balaban J connectivity index is 1.88. The summed E-state index contributed by atoms with van der Waals surface area (Å²) < 4.78 is 41.3. The molecule has 1 N–H and O–H groups in total. The smallest absolute Gasteiger partial charge is 0.344 e. The van der Waals surface area contributed by atoms with Crippen LogP contribution in [0.4, 0.5) is 24.7 Å².